The van der Waals surface area contributed by atoms with Crippen LogP contribution in [0.1, 0.15) is 25.3 Å². The number of nitrogens with two attached hydrogens (primary N) is 1. The molecule has 0 spiro atoms. The van der Waals surface area contributed by atoms with E-state index in [4.69, 9.17) is 5.73 Å². The molecule has 0 saturated heterocycles. The fraction of sp³-hybridized carbons (Fsp3) is 0.333. The summed E-state index contributed by atoms with van der Waals surface area (Å²) in [5, 5.41) is 10.6. The SMILES string of the molecule is CCCCN.Cc1cncc(-c2cncc([N+](=O)[O-])c2)c1. The molecule has 2 N–H and O–H groups in total. The van der Waals surface area contributed by atoms with E-state index in [1.165, 1.54) is 25.1 Å². The van der Waals surface area contributed by atoms with E-state index in [2.05, 4.69) is 16.9 Å². The van der Waals surface area contributed by atoms with E-state index in [1.807, 2.05) is 13.0 Å². The van der Waals surface area contributed by atoms with Gasteiger partial charge in [0, 0.05) is 35.8 Å². The highest BCUT2D eigenvalue weighted by molar-refractivity contribution is 5.64. The first-order chi connectivity index (χ1) is 10.1. The second-order valence-electron chi connectivity index (χ2n) is 4.58. The summed E-state index contributed by atoms with van der Waals surface area (Å²) in [7, 11) is 0. The molecule has 0 amide bonds. The highest BCUT2D eigenvalue weighted by atomic mass is 16.6. The molecular weight excluding hydrogens is 268 g/mol. The van der Waals surface area contributed by atoms with Gasteiger partial charge in [-0.05, 0) is 31.5 Å². The molecule has 2 aromatic heterocycles. The molecule has 21 heavy (non-hydrogen) atoms. The topological polar surface area (TPSA) is 94.9 Å². The van der Waals surface area contributed by atoms with Gasteiger partial charge in [0.1, 0.15) is 6.20 Å². The normalized spacial score (nSPS) is 9.67. The molecule has 0 saturated carbocycles. The molecule has 0 bridgehead atoms. The lowest BCUT2D eigenvalue weighted by atomic mass is 10.1. The van der Waals surface area contributed by atoms with Crippen molar-refractivity contribution in [2.75, 3.05) is 6.54 Å². The Kier molecular flexibility index (Phi) is 6.97. The quantitative estimate of drug-likeness (QED) is 0.689. The van der Waals surface area contributed by atoms with Gasteiger partial charge in [0.05, 0.1) is 4.92 Å². The number of aryl methyl sites for hydroxylation is 1. The van der Waals surface area contributed by atoms with Crippen LogP contribution < -0.4 is 5.73 Å². The number of aromatic nitrogens is 2. The maximum absolute atomic E-state index is 10.6. The Labute approximate surface area is 124 Å². The van der Waals surface area contributed by atoms with Crippen molar-refractivity contribution in [3.8, 4) is 11.1 Å². The minimum atomic E-state index is -0.459. The van der Waals surface area contributed by atoms with E-state index < -0.39 is 4.92 Å². The Morgan fingerprint density at radius 3 is 2.24 bits per heavy atom. The van der Waals surface area contributed by atoms with Gasteiger partial charge in [-0.15, -0.1) is 0 Å². The first-order valence-electron chi connectivity index (χ1n) is 6.80. The van der Waals surface area contributed by atoms with Crippen molar-refractivity contribution in [2.24, 2.45) is 5.73 Å². The monoisotopic (exact) mass is 288 g/mol. The molecule has 2 aromatic rings. The van der Waals surface area contributed by atoms with E-state index >= 15 is 0 Å². The van der Waals surface area contributed by atoms with E-state index in [-0.39, 0.29) is 5.69 Å². The summed E-state index contributed by atoms with van der Waals surface area (Å²) >= 11 is 0. The smallest absolute Gasteiger partial charge is 0.288 e. The van der Waals surface area contributed by atoms with Crippen LogP contribution in [0.15, 0.2) is 36.9 Å². The molecule has 0 unspecified atom stereocenters. The van der Waals surface area contributed by atoms with E-state index in [1.54, 1.807) is 18.6 Å². The molecule has 0 radical (unpaired) electrons. The molecule has 6 heteroatoms. The second kappa shape index (κ2) is 8.76. The maximum Gasteiger partial charge on any atom is 0.288 e. The third-order valence-electron chi connectivity index (χ3n) is 2.70. The molecule has 112 valence electrons. The van der Waals surface area contributed by atoms with E-state index in [0.29, 0.717) is 5.56 Å². The van der Waals surface area contributed by atoms with Crippen LogP contribution in [0.25, 0.3) is 11.1 Å². The van der Waals surface area contributed by atoms with Crippen molar-refractivity contribution in [2.45, 2.75) is 26.7 Å². The van der Waals surface area contributed by atoms with Gasteiger partial charge in [-0.3, -0.25) is 20.1 Å². The number of unbranched alkanes of at least 4 members (excludes halogenated alkanes) is 1. The molecule has 2 rings (SSSR count). The number of nitrogens with zero attached hydrogens (tertiary/aromatic N) is 3. The Morgan fingerprint density at radius 2 is 1.76 bits per heavy atom. The highest BCUT2D eigenvalue weighted by Crippen LogP contribution is 2.22. The van der Waals surface area contributed by atoms with Crippen LogP contribution in [0.5, 0.6) is 0 Å². The minimum Gasteiger partial charge on any atom is -0.330 e. The van der Waals surface area contributed by atoms with Gasteiger partial charge >= 0.3 is 0 Å². The van der Waals surface area contributed by atoms with Crippen LogP contribution in [0, 0.1) is 17.0 Å². The second-order valence-corrected chi connectivity index (χ2v) is 4.58. The van der Waals surface area contributed by atoms with Crippen LogP contribution in [-0.4, -0.2) is 21.4 Å². The van der Waals surface area contributed by atoms with Crippen LogP contribution >= 0.6 is 0 Å². The lowest BCUT2D eigenvalue weighted by Crippen LogP contribution is -1.95. The summed E-state index contributed by atoms with van der Waals surface area (Å²) < 4.78 is 0. The predicted molar refractivity (Wildman–Crippen MR) is 82.8 cm³/mol. The number of rotatable bonds is 4. The van der Waals surface area contributed by atoms with Crippen LogP contribution in [0.2, 0.25) is 0 Å². The standard InChI is InChI=1S/C11H9N3O2.C4H11N/c1-8-2-9(5-12-4-8)10-3-11(14(15)16)7-13-6-10;1-2-3-4-5/h2-7H,1H3;2-5H2,1H3. The largest absolute Gasteiger partial charge is 0.330 e. The average molecular weight is 288 g/mol. The zero-order valence-corrected chi connectivity index (χ0v) is 12.3. The summed E-state index contributed by atoms with van der Waals surface area (Å²) in [6, 6.07) is 3.40. The van der Waals surface area contributed by atoms with Gasteiger partial charge in [0.15, 0.2) is 0 Å². The Balaban J connectivity index is 0.000000383. The van der Waals surface area contributed by atoms with Gasteiger partial charge in [0.2, 0.25) is 0 Å². The van der Waals surface area contributed by atoms with E-state index in [0.717, 1.165) is 17.7 Å². The lowest BCUT2D eigenvalue weighted by molar-refractivity contribution is -0.385. The Bertz CT molecular complexity index is 585. The first kappa shape index (κ1) is 16.7. The van der Waals surface area contributed by atoms with Crippen LogP contribution in [0.4, 0.5) is 5.69 Å². The molecule has 0 aromatic carbocycles. The zero-order valence-electron chi connectivity index (χ0n) is 12.3. The summed E-state index contributed by atoms with van der Waals surface area (Å²) in [5.74, 6) is 0. The third-order valence-corrected chi connectivity index (χ3v) is 2.70. The lowest BCUT2D eigenvalue weighted by Gasteiger charge is -2.01. The van der Waals surface area contributed by atoms with Gasteiger partial charge < -0.3 is 5.73 Å². The Hall–Kier alpha value is -2.34. The fourth-order valence-electron chi connectivity index (χ4n) is 1.60. The zero-order chi connectivity index (χ0) is 15.7. The molecular formula is C15H20N4O2. The van der Waals surface area contributed by atoms with Gasteiger partial charge in [-0.25, -0.2) is 0 Å². The van der Waals surface area contributed by atoms with Gasteiger partial charge in [0.25, 0.3) is 5.69 Å². The van der Waals surface area contributed by atoms with Gasteiger partial charge in [-0.2, -0.15) is 0 Å². The van der Waals surface area contributed by atoms with Crippen molar-refractivity contribution < 1.29 is 4.92 Å². The molecule has 0 aliphatic carbocycles. The van der Waals surface area contributed by atoms with Crippen molar-refractivity contribution >= 4 is 5.69 Å². The summed E-state index contributed by atoms with van der Waals surface area (Å²) in [5.41, 5.74) is 7.66. The maximum atomic E-state index is 10.6. The molecule has 0 atom stereocenters. The highest BCUT2D eigenvalue weighted by Gasteiger charge is 2.08. The average Bonchev–Trinajstić information content (AvgIpc) is 2.49. The first-order valence-corrected chi connectivity index (χ1v) is 6.80. The van der Waals surface area contributed by atoms with E-state index in [9.17, 15) is 10.1 Å². The molecule has 0 aliphatic heterocycles. The molecule has 6 nitrogen and oxygen atoms in total. The van der Waals surface area contributed by atoms with Crippen LogP contribution in [-0.2, 0) is 0 Å². The van der Waals surface area contributed by atoms with Crippen LogP contribution in [0.3, 0.4) is 0 Å². The van der Waals surface area contributed by atoms with Crippen molar-refractivity contribution in [3.63, 3.8) is 0 Å². The molecule has 2 heterocycles. The molecule has 0 fully saturated rings. The number of hydrogen-bond acceptors (Lipinski definition) is 5. The third kappa shape index (κ3) is 5.66. The summed E-state index contributed by atoms with van der Waals surface area (Å²) in [6.07, 6.45) is 8.59. The minimum absolute atomic E-state index is 0.0148. The Morgan fingerprint density at radius 1 is 1.14 bits per heavy atom. The van der Waals surface area contributed by atoms with Crippen molar-refractivity contribution in [1.82, 2.24) is 9.97 Å². The predicted octanol–water partition coefficient (Wildman–Crippen LogP) is 3.11. The summed E-state index contributed by atoms with van der Waals surface area (Å²) in [6.45, 7) is 4.89. The van der Waals surface area contributed by atoms with Gasteiger partial charge in [-0.1, -0.05) is 13.3 Å². The molecule has 0 aliphatic rings. The van der Waals surface area contributed by atoms with Crippen molar-refractivity contribution in [1.29, 1.82) is 0 Å². The van der Waals surface area contributed by atoms with Crippen molar-refractivity contribution in [3.05, 3.63) is 52.6 Å². The summed E-state index contributed by atoms with van der Waals surface area (Å²) in [4.78, 5) is 18.0. The number of pyridine rings is 2. The fourth-order valence-corrected chi connectivity index (χ4v) is 1.60. The number of nitro groups is 1. The number of hydrogen-bond donors (Lipinski definition) is 1.